The molecule has 4 heterocycles. The first-order valence-corrected chi connectivity index (χ1v) is 19.6. The molecule has 10 rings (SSSR count). The maximum atomic E-state index is 16.4. The third-order valence-electron chi connectivity index (χ3n) is 13.2. The first-order chi connectivity index (χ1) is 27.0. The standard InChI is InChI=1S/C43H43F2N7O4/c1-22(2)36(50-41(55)56-3)40(54)52-27-8-4-26(14-27)37(52)39-47-32-11-7-24(17-33(32)48-39)23-5-9-28-29-10-6-25(16-31(29)43(44,45)30(28)15-23)34-19-46-38(49-34)35-18-42(12-13-42)20-51(35)21-53/h5-7,9-11,15-17,19,21-22,26-27,35-37H,4,8,12-14,18,20H2,1-3H3,(H,46,49)(H,47,48)(H,50,55). The Morgan fingerprint density at radius 3 is 2.39 bits per heavy atom. The predicted octanol–water partition coefficient (Wildman–Crippen LogP) is 7.86. The van der Waals surface area contributed by atoms with Crippen LogP contribution >= 0.6 is 0 Å². The number of imidazole rings is 2. The molecule has 2 saturated heterocycles. The fraction of sp³-hybridized carbons (Fsp3) is 0.419. The lowest BCUT2D eigenvalue weighted by atomic mass is 9.95. The maximum absolute atomic E-state index is 16.4. The average molecular weight is 760 g/mol. The number of amides is 3. The number of carbonyl (C=O) groups excluding carboxylic acids is 3. The number of fused-ring (bicyclic) bond motifs is 6. The van der Waals surface area contributed by atoms with Gasteiger partial charge in [-0.05, 0) is 102 Å². The molecule has 0 radical (unpaired) electrons. The van der Waals surface area contributed by atoms with Gasteiger partial charge in [0.15, 0.2) is 0 Å². The first kappa shape index (κ1) is 34.9. The molecule has 1 spiro atoms. The zero-order valence-corrected chi connectivity index (χ0v) is 31.4. The van der Waals surface area contributed by atoms with Crippen LogP contribution in [0.4, 0.5) is 13.6 Å². The Morgan fingerprint density at radius 1 is 0.964 bits per heavy atom. The van der Waals surface area contributed by atoms with Gasteiger partial charge in [-0.1, -0.05) is 44.2 Å². The molecule has 2 aromatic heterocycles. The van der Waals surface area contributed by atoms with Crippen molar-refractivity contribution in [2.24, 2.45) is 17.3 Å². The Balaban J connectivity index is 0.919. The molecular formula is C43H43F2N7O4. The van der Waals surface area contributed by atoms with Gasteiger partial charge in [0.05, 0.1) is 42.1 Å². The number of halogens is 2. The van der Waals surface area contributed by atoms with Crippen molar-refractivity contribution in [2.75, 3.05) is 13.7 Å². The van der Waals surface area contributed by atoms with Crippen LogP contribution in [0.25, 0.3) is 44.5 Å². The lowest BCUT2D eigenvalue weighted by molar-refractivity contribution is -0.139. The van der Waals surface area contributed by atoms with Crippen molar-refractivity contribution in [3.8, 4) is 33.5 Å². The van der Waals surface area contributed by atoms with Crippen molar-refractivity contribution in [1.82, 2.24) is 35.1 Å². The number of aromatic amines is 2. The number of nitrogens with one attached hydrogen (secondary N) is 3. The molecular weight excluding hydrogens is 717 g/mol. The van der Waals surface area contributed by atoms with Gasteiger partial charge in [-0.25, -0.2) is 14.8 Å². The van der Waals surface area contributed by atoms with E-state index in [0.29, 0.717) is 39.6 Å². The van der Waals surface area contributed by atoms with Crippen LogP contribution in [-0.4, -0.2) is 73.9 Å². The Kier molecular flexibility index (Phi) is 7.76. The number of H-pyrrole nitrogens is 2. The number of piperidine rings is 1. The third kappa shape index (κ3) is 5.37. The minimum absolute atomic E-state index is 0.0448. The number of hydrogen-bond donors (Lipinski definition) is 3. The van der Waals surface area contributed by atoms with Crippen molar-refractivity contribution in [3.05, 3.63) is 83.6 Å². The zero-order chi connectivity index (χ0) is 38.7. The Morgan fingerprint density at radius 2 is 1.68 bits per heavy atom. The summed E-state index contributed by atoms with van der Waals surface area (Å²) in [6.07, 6.45) is 7.77. The van der Waals surface area contributed by atoms with Gasteiger partial charge in [-0.2, -0.15) is 8.78 Å². The largest absolute Gasteiger partial charge is 0.453 e. The van der Waals surface area contributed by atoms with Gasteiger partial charge in [0.1, 0.15) is 17.7 Å². The number of carbonyl (C=O) groups is 3. The number of likely N-dealkylation sites (tertiary alicyclic amines) is 2. The first-order valence-electron chi connectivity index (χ1n) is 19.6. The molecule has 5 aromatic rings. The number of benzene rings is 3. The van der Waals surface area contributed by atoms with E-state index >= 15 is 8.78 Å². The van der Waals surface area contributed by atoms with Crippen molar-refractivity contribution in [2.45, 2.75) is 82.5 Å². The molecule has 11 nitrogen and oxygen atoms in total. The fourth-order valence-corrected chi connectivity index (χ4v) is 10.1. The molecule has 2 saturated carbocycles. The number of hydrogen-bond acceptors (Lipinski definition) is 6. The lowest BCUT2D eigenvalue weighted by Gasteiger charge is -2.37. The van der Waals surface area contributed by atoms with E-state index in [1.165, 1.54) is 7.11 Å². The SMILES string of the molecule is COC(=O)NC(C(=O)N1C2CCC(C2)C1c1nc2ccc(-c3ccc4c(c3)C(F)(F)c3cc(-c5cnc(C6CC7(CC7)CN6C=O)[nH]5)ccc3-4)cc2[nH]1)C(C)C. The van der Waals surface area contributed by atoms with Crippen LogP contribution < -0.4 is 5.32 Å². The zero-order valence-electron chi connectivity index (χ0n) is 31.4. The van der Waals surface area contributed by atoms with Gasteiger partial charge < -0.3 is 29.8 Å². The van der Waals surface area contributed by atoms with E-state index in [9.17, 15) is 14.4 Å². The van der Waals surface area contributed by atoms with Crippen LogP contribution in [-0.2, 0) is 20.2 Å². The molecule has 2 bridgehead atoms. The van der Waals surface area contributed by atoms with Gasteiger partial charge in [-0.15, -0.1) is 0 Å². The van der Waals surface area contributed by atoms with E-state index in [0.717, 1.165) is 68.1 Å². The number of aromatic nitrogens is 4. The molecule has 3 aliphatic carbocycles. The molecule has 3 aromatic carbocycles. The number of alkyl halides is 2. The van der Waals surface area contributed by atoms with E-state index in [-0.39, 0.29) is 52.4 Å². The highest BCUT2D eigenvalue weighted by atomic mass is 19.3. The Labute approximate surface area is 322 Å². The number of alkyl carbamates (subject to hydrolysis) is 1. The average Bonchev–Trinajstić information content (AvgIpc) is 3.85. The predicted molar refractivity (Wildman–Crippen MR) is 204 cm³/mol. The molecule has 5 aliphatic rings. The topological polar surface area (TPSA) is 136 Å². The van der Waals surface area contributed by atoms with E-state index in [1.807, 2.05) is 49.1 Å². The highest BCUT2D eigenvalue weighted by Crippen LogP contribution is 2.58. The van der Waals surface area contributed by atoms with E-state index in [1.54, 1.807) is 35.4 Å². The molecule has 5 atom stereocenters. The number of nitrogens with zero attached hydrogens (tertiary/aromatic N) is 4. The van der Waals surface area contributed by atoms with Gasteiger partial charge in [0.2, 0.25) is 12.3 Å². The van der Waals surface area contributed by atoms with Crippen molar-refractivity contribution in [1.29, 1.82) is 0 Å². The second-order valence-corrected chi connectivity index (χ2v) is 16.9. The number of methoxy groups -OCH3 is 1. The second-order valence-electron chi connectivity index (χ2n) is 16.9. The third-order valence-corrected chi connectivity index (χ3v) is 13.2. The molecule has 13 heteroatoms. The van der Waals surface area contributed by atoms with Crippen LogP contribution in [0.2, 0.25) is 0 Å². The summed E-state index contributed by atoms with van der Waals surface area (Å²) in [5.74, 6) is -1.91. The Hall–Kier alpha value is -5.59. The minimum atomic E-state index is -3.22. The normalized spacial score (nSPS) is 24.2. The van der Waals surface area contributed by atoms with Crippen LogP contribution in [0.3, 0.4) is 0 Å². The summed E-state index contributed by atoms with van der Waals surface area (Å²) in [6.45, 7) is 4.53. The van der Waals surface area contributed by atoms with E-state index in [4.69, 9.17) is 9.72 Å². The maximum Gasteiger partial charge on any atom is 0.407 e. The summed E-state index contributed by atoms with van der Waals surface area (Å²) in [5, 5.41) is 2.73. The van der Waals surface area contributed by atoms with E-state index < -0.39 is 18.1 Å². The minimum Gasteiger partial charge on any atom is -0.453 e. The van der Waals surface area contributed by atoms with Crippen molar-refractivity contribution >= 4 is 29.4 Å². The summed E-state index contributed by atoms with van der Waals surface area (Å²) in [7, 11) is 1.28. The summed E-state index contributed by atoms with van der Waals surface area (Å²) in [5.41, 5.74) is 5.25. The molecule has 56 heavy (non-hydrogen) atoms. The van der Waals surface area contributed by atoms with Gasteiger partial charge in [-0.3, -0.25) is 9.59 Å². The van der Waals surface area contributed by atoms with Crippen LogP contribution in [0.1, 0.15) is 87.2 Å². The molecule has 2 aliphatic heterocycles. The Bertz CT molecular complexity index is 2440. The molecule has 3 amide bonds. The number of rotatable bonds is 8. The van der Waals surface area contributed by atoms with Gasteiger partial charge in [0, 0.05) is 29.3 Å². The molecule has 5 unspecified atom stereocenters. The van der Waals surface area contributed by atoms with E-state index in [2.05, 4.69) is 20.3 Å². The summed E-state index contributed by atoms with van der Waals surface area (Å²) in [6, 6.07) is 15.0. The van der Waals surface area contributed by atoms with Crippen molar-refractivity contribution in [3.63, 3.8) is 0 Å². The number of ether oxygens (including phenoxy) is 1. The van der Waals surface area contributed by atoms with Gasteiger partial charge in [0.25, 0.3) is 5.92 Å². The monoisotopic (exact) mass is 759 g/mol. The molecule has 288 valence electrons. The quantitative estimate of drug-likeness (QED) is 0.138. The molecule has 4 fully saturated rings. The van der Waals surface area contributed by atoms with Crippen LogP contribution in [0, 0.1) is 17.3 Å². The summed E-state index contributed by atoms with van der Waals surface area (Å²) in [4.78, 5) is 58.0. The van der Waals surface area contributed by atoms with Gasteiger partial charge >= 0.3 is 6.09 Å². The second kappa shape index (κ2) is 12.5. The summed E-state index contributed by atoms with van der Waals surface area (Å²) < 4.78 is 37.6. The smallest absolute Gasteiger partial charge is 0.407 e. The van der Waals surface area contributed by atoms with Crippen molar-refractivity contribution < 1.29 is 27.9 Å². The molecule has 3 N–H and O–H groups in total. The van der Waals surface area contributed by atoms with Crippen LogP contribution in [0.15, 0.2) is 60.8 Å². The highest BCUT2D eigenvalue weighted by molar-refractivity contribution is 5.88. The van der Waals surface area contributed by atoms with Crippen LogP contribution in [0.5, 0.6) is 0 Å². The highest BCUT2D eigenvalue weighted by Gasteiger charge is 2.53. The fourth-order valence-electron chi connectivity index (χ4n) is 10.1. The lowest BCUT2D eigenvalue weighted by Crippen LogP contribution is -2.54. The summed E-state index contributed by atoms with van der Waals surface area (Å²) >= 11 is 0.